The Balaban J connectivity index is 1.86. The number of halogens is 1. The quantitative estimate of drug-likeness (QED) is 0.661. The van der Waals surface area contributed by atoms with Gasteiger partial charge in [-0.15, -0.1) is 0 Å². The van der Waals surface area contributed by atoms with Gasteiger partial charge in [0.2, 0.25) is 0 Å². The zero-order valence-corrected chi connectivity index (χ0v) is 10.4. The van der Waals surface area contributed by atoms with Crippen molar-refractivity contribution in [2.75, 3.05) is 0 Å². The second kappa shape index (κ2) is 3.63. The molecular weight excluding hydrogens is 250 g/mol. The van der Waals surface area contributed by atoms with E-state index in [4.69, 9.17) is 5.26 Å². The number of nitrogens with zero attached hydrogens (tertiary/aromatic N) is 1. The van der Waals surface area contributed by atoms with E-state index in [1.165, 1.54) is 36.6 Å². The van der Waals surface area contributed by atoms with Gasteiger partial charge in [0.05, 0.1) is 6.07 Å². The zero-order chi connectivity index (χ0) is 10.4. The van der Waals surface area contributed by atoms with E-state index in [1.807, 2.05) is 0 Å². The van der Waals surface area contributed by atoms with E-state index >= 15 is 0 Å². The van der Waals surface area contributed by atoms with Crippen LogP contribution in [0.15, 0.2) is 10.6 Å². The Morgan fingerprint density at radius 1 is 1.07 bits per heavy atom. The van der Waals surface area contributed by atoms with E-state index in [2.05, 4.69) is 22.0 Å². The number of nitriles is 1. The normalized spacial score (nSPS) is 48.0. The maximum absolute atomic E-state index is 8.73. The van der Waals surface area contributed by atoms with Crippen LogP contribution in [-0.4, -0.2) is 0 Å². The molecule has 4 aliphatic rings. The topological polar surface area (TPSA) is 23.8 Å². The third-order valence-corrected chi connectivity index (χ3v) is 5.51. The van der Waals surface area contributed by atoms with Gasteiger partial charge in [0.15, 0.2) is 0 Å². The molecule has 0 spiro atoms. The third-order valence-electron chi connectivity index (χ3n) is 4.75. The molecule has 4 saturated carbocycles. The van der Waals surface area contributed by atoms with Crippen LogP contribution in [0.1, 0.15) is 32.1 Å². The Kier molecular flexibility index (Phi) is 2.39. The highest BCUT2D eigenvalue weighted by Crippen LogP contribution is 2.58. The van der Waals surface area contributed by atoms with Crippen molar-refractivity contribution in [1.29, 1.82) is 5.26 Å². The molecule has 0 unspecified atom stereocenters. The molecule has 4 fully saturated rings. The van der Waals surface area contributed by atoms with Crippen molar-refractivity contribution in [2.45, 2.75) is 32.1 Å². The lowest BCUT2D eigenvalue weighted by Gasteiger charge is -2.54. The van der Waals surface area contributed by atoms with Gasteiger partial charge in [0.25, 0.3) is 0 Å². The highest BCUT2D eigenvalue weighted by Gasteiger charge is 2.48. The smallest absolute Gasteiger partial charge is 0.0920 e. The molecule has 0 atom stereocenters. The fraction of sp³-hybridized carbons (Fsp3) is 0.769. The molecule has 80 valence electrons. The van der Waals surface area contributed by atoms with Crippen LogP contribution < -0.4 is 0 Å². The molecule has 0 amide bonds. The van der Waals surface area contributed by atoms with Crippen LogP contribution in [-0.2, 0) is 0 Å². The zero-order valence-electron chi connectivity index (χ0n) is 8.82. The molecule has 0 radical (unpaired) electrons. The van der Waals surface area contributed by atoms with Gasteiger partial charge in [-0.1, -0.05) is 15.9 Å². The van der Waals surface area contributed by atoms with Crippen LogP contribution in [0.3, 0.4) is 0 Å². The Morgan fingerprint density at radius 3 is 2.07 bits per heavy atom. The maximum Gasteiger partial charge on any atom is 0.0920 e. The molecular formula is C13H16BrN. The van der Waals surface area contributed by atoms with E-state index in [0.717, 1.165) is 23.7 Å². The molecule has 15 heavy (non-hydrogen) atoms. The standard InChI is InChI=1S/C13H16BrN/c14-12(1-2-15)13-10-4-8-3-9(6-10)7-11(13)5-8/h1,8-11,13H,3-7H2/b12-1-. The lowest BCUT2D eigenvalue weighted by atomic mass is 9.52. The fourth-order valence-corrected chi connectivity index (χ4v) is 5.38. The number of allylic oxidation sites excluding steroid dienone is 2. The first-order valence-electron chi connectivity index (χ1n) is 6.03. The molecule has 2 heteroatoms. The van der Waals surface area contributed by atoms with Gasteiger partial charge in [-0.05, 0) is 61.7 Å². The second-order valence-electron chi connectivity index (χ2n) is 5.61. The van der Waals surface area contributed by atoms with E-state index < -0.39 is 0 Å². The lowest BCUT2D eigenvalue weighted by molar-refractivity contribution is -0.0172. The minimum atomic E-state index is 0.678. The Hall–Kier alpha value is -0.290. The average Bonchev–Trinajstić information content (AvgIpc) is 2.15. The largest absolute Gasteiger partial charge is 0.193 e. The van der Waals surface area contributed by atoms with E-state index in [-0.39, 0.29) is 0 Å². The summed E-state index contributed by atoms with van der Waals surface area (Å²) in [5, 5.41) is 8.73. The summed E-state index contributed by atoms with van der Waals surface area (Å²) in [4.78, 5) is 0. The van der Waals surface area contributed by atoms with Gasteiger partial charge in [0, 0.05) is 10.6 Å². The molecule has 0 saturated heterocycles. The highest BCUT2D eigenvalue weighted by atomic mass is 79.9. The van der Waals surface area contributed by atoms with Crippen molar-refractivity contribution in [2.24, 2.45) is 29.6 Å². The summed E-state index contributed by atoms with van der Waals surface area (Å²) in [7, 11) is 0. The van der Waals surface area contributed by atoms with Crippen molar-refractivity contribution in [3.8, 4) is 6.07 Å². The summed E-state index contributed by atoms with van der Waals surface area (Å²) < 4.78 is 1.18. The van der Waals surface area contributed by atoms with Gasteiger partial charge in [0.1, 0.15) is 0 Å². The minimum absolute atomic E-state index is 0.678. The minimum Gasteiger partial charge on any atom is -0.193 e. The van der Waals surface area contributed by atoms with Gasteiger partial charge in [-0.3, -0.25) is 0 Å². The van der Waals surface area contributed by atoms with Gasteiger partial charge >= 0.3 is 0 Å². The van der Waals surface area contributed by atoms with Crippen molar-refractivity contribution in [3.63, 3.8) is 0 Å². The first-order chi connectivity index (χ1) is 7.28. The van der Waals surface area contributed by atoms with Gasteiger partial charge in [-0.25, -0.2) is 0 Å². The van der Waals surface area contributed by atoms with Crippen LogP contribution in [0.25, 0.3) is 0 Å². The Labute approximate surface area is 99.7 Å². The molecule has 0 aromatic carbocycles. The van der Waals surface area contributed by atoms with Crippen molar-refractivity contribution >= 4 is 15.9 Å². The molecule has 1 nitrogen and oxygen atoms in total. The lowest BCUT2D eigenvalue weighted by Crippen LogP contribution is -2.45. The van der Waals surface area contributed by atoms with E-state index in [0.29, 0.717) is 5.92 Å². The molecule has 4 rings (SSSR count). The van der Waals surface area contributed by atoms with Crippen molar-refractivity contribution in [3.05, 3.63) is 10.6 Å². The summed E-state index contributed by atoms with van der Waals surface area (Å²) in [5.41, 5.74) is 0. The van der Waals surface area contributed by atoms with Crippen LogP contribution in [0.4, 0.5) is 0 Å². The first kappa shape index (κ1) is 9.90. The summed E-state index contributed by atoms with van der Waals surface area (Å²) in [6.45, 7) is 0. The van der Waals surface area contributed by atoms with Gasteiger partial charge < -0.3 is 0 Å². The van der Waals surface area contributed by atoms with E-state index in [1.54, 1.807) is 6.08 Å². The van der Waals surface area contributed by atoms with Crippen LogP contribution >= 0.6 is 15.9 Å². The summed E-state index contributed by atoms with van der Waals surface area (Å²) in [6, 6.07) is 2.17. The van der Waals surface area contributed by atoms with Crippen molar-refractivity contribution in [1.82, 2.24) is 0 Å². The summed E-state index contributed by atoms with van der Waals surface area (Å²) in [6.07, 6.45) is 8.91. The molecule has 4 aliphatic carbocycles. The summed E-state index contributed by atoms with van der Waals surface area (Å²) in [5.74, 6) is 4.47. The molecule has 4 bridgehead atoms. The summed E-state index contributed by atoms with van der Waals surface area (Å²) >= 11 is 3.63. The van der Waals surface area contributed by atoms with Crippen LogP contribution in [0, 0.1) is 40.9 Å². The highest BCUT2D eigenvalue weighted by molar-refractivity contribution is 9.11. The van der Waals surface area contributed by atoms with Crippen molar-refractivity contribution < 1.29 is 0 Å². The Bertz CT molecular complexity index is 311. The first-order valence-corrected chi connectivity index (χ1v) is 6.82. The van der Waals surface area contributed by atoms with Crippen LogP contribution in [0.5, 0.6) is 0 Å². The van der Waals surface area contributed by atoms with Gasteiger partial charge in [-0.2, -0.15) is 5.26 Å². The average molecular weight is 266 g/mol. The molecule has 0 aromatic heterocycles. The second-order valence-corrected chi connectivity index (χ2v) is 6.53. The number of hydrogen-bond acceptors (Lipinski definition) is 1. The number of hydrogen-bond donors (Lipinski definition) is 0. The molecule has 0 heterocycles. The Morgan fingerprint density at radius 2 is 1.60 bits per heavy atom. The SMILES string of the molecule is N#C/C=C(\Br)C1C2CC3CC(C2)CC1C3. The fourth-order valence-electron chi connectivity index (χ4n) is 4.53. The predicted octanol–water partition coefficient (Wildman–Crippen LogP) is 3.86. The molecule has 0 N–H and O–H groups in total. The predicted molar refractivity (Wildman–Crippen MR) is 63.2 cm³/mol. The molecule has 0 aromatic rings. The van der Waals surface area contributed by atoms with E-state index in [9.17, 15) is 0 Å². The maximum atomic E-state index is 8.73. The van der Waals surface area contributed by atoms with Crippen LogP contribution in [0.2, 0.25) is 0 Å². The molecule has 0 aliphatic heterocycles. The third kappa shape index (κ3) is 1.56. The number of rotatable bonds is 1. The monoisotopic (exact) mass is 265 g/mol.